The first-order valence-electron chi connectivity index (χ1n) is 6.45. The van der Waals surface area contributed by atoms with Crippen LogP contribution in [-0.4, -0.2) is 18.3 Å². The Labute approximate surface area is 104 Å². The van der Waals surface area contributed by atoms with Crippen molar-refractivity contribution in [3.05, 3.63) is 34.4 Å². The summed E-state index contributed by atoms with van der Waals surface area (Å²) in [6.07, 6.45) is 2.34. The second-order valence-corrected chi connectivity index (χ2v) is 5.62. The Morgan fingerprint density at radius 2 is 1.76 bits per heavy atom. The third-order valence-electron chi connectivity index (χ3n) is 4.06. The Bertz CT molecular complexity index is 408. The lowest BCUT2D eigenvalue weighted by atomic mass is 10.0. The molecule has 0 radical (unpaired) electrons. The van der Waals surface area contributed by atoms with Gasteiger partial charge in [0, 0.05) is 25.1 Å². The molecular formula is C15H23NO. The minimum atomic E-state index is 0.202. The molecule has 1 aliphatic carbocycles. The summed E-state index contributed by atoms with van der Waals surface area (Å²) < 4.78 is 0. The summed E-state index contributed by atoms with van der Waals surface area (Å²) in [6, 6.07) is 4.53. The van der Waals surface area contributed by atoms with Gasteiger partial charge >= 0.3 is 0 Å². The third kappa shape index (κ3) is 2.88. The molecule has 0 aromatic heterocycles. The fourth-order valence-electron chi connectivity index (χ4n) is 2.24. The van der Waals surface area contributed by atoms with Gasteiger partial charge in [-0.2, -0.15) is 0 Å². The average Bonchev–Trinajstić information content (AvgIpc) is 3.06. The van der Waals surface area contributed by atoms with E-state index in [4.69, 9.17) is 0 Å². The Hall–Kier alpha value is -0.860. The molecule has 0 amide bonds. The molecule has 0 heterocycles. The van der Waals surface area contributed by atoms with Crippen molar-refractivity contribution in [3.8, 4) is 0 Å². The molecule has 1 aromatic carbocycles. The van der Waals surface area contributed by atoms with Gasteiger partial charge in [-0.1, -0.05) is 12.1 Å². The van der Waals surface area contributed by atoms with Gasteiger partial charge in [-0.05, 0) is 55.9 Å². The standard InChI is InChI=1S/C15H23NO/c1-11-6-13(3)14(7-12(11)2)8-16-9-15(10-17)4-5-15/h6-7,16-17H,4-5,8-10H2,1-3H3. The molecule has 1 aromatic rings. The molecule has 0 bridgehead atoms. The smallest absolute Gasteiger partial charge is 0.0499 e. The van der Waals surface area contributed by atoms with Gasteiger partial charge in [0.05, 0.1) is 0 Å². The van der Waals surface area contributed by atoms with Crippen LogP contribution in [0.15, 0.2) is 12.1 Å². The first kappa shape index (κ1) is 12.6. The number of nitrogens with one attached hydrogen (secondary N) is 1. The zero-order valence-corrected chi connectivity index (χ0v) is 11.1. The van der Waals surface area contributed by atoms with Crippen LogP contribution in [-0.2, 0) is 6.54 Å². The summed E-state index contributed by atoms with van der Waals surface area (Å²) >= 11 is 0. The third-order valence-corrected chi connectivity index (χ3v) is 4.06. The van der Waals surface area contributed by atoms with Gasteiger partial charge in [0.25, 0.3) is 0 Å². The van der Waals surface area contributed by atoms with Gasteiger partial charge in [0.1, 0.15) is 0 Å². The van der Waals surface area contributed by atoms with Crippen LogP contribution >= 0.6 is 0 Å². The highest BCUT2D eigenvalue weighted by Crippen LogP contribution is 2.44. The lowest BCUT2D eigenvalue weighted by molar-refractivity contribution is 0.207. The van der Waals surface area contributed by atoms with E-state index < -0.39 is 0 Å². The topological polar surface area (TPSA) is 32.3 Å². The van der Waals surface area contributed by atoms with Crippen LogP contribution in [0.1, 0.15) is 35.1 Å². The van der Waals surface area contributed by atoms with Crippen molar-refractivity contribution in [1.29, 1.82) is 0 Å². The first-order chi connectivity index (χ1) is 8.06. The van der Waals surface area contributed by atoms with Crippen molar-refractivity contribution < 1.29 is 5.11 Å². The predicted octanol–water partition coefficient (Wildman–Crippen LogP) is 2.47. The van der Waals surface area contributed by atoms with Crippen molar-refractivity contribution in [1.82, 2.24) is 5.32 Å². The minimum Gasteiger partial charge on any atom is -0.396 e. The summed E-state index contributed by atoms with van der Waals surface area (Å²) in [6.45, 7) is 8.66. The van der Waals surface area contributed by atoms with Gasteiger partial charge in [-0.3, -0.25) is 0 Å². The van der Waals surface area contributed by atoms with Crippen LogP contribution < -0.4 is 5.32 Å². The molecule has 17 heavy (non-hydrogen) atoms. The van der Waals surface area contributed by atoms with Gasteiger partial charge in [0.15, 0.2) is 0 Å². The van der Waals surface area contributed by atoms with Gasteiger partial charge in [-0.25, -0.2) is 0 Å². The van der Waals surface area contributed by atoms with Gasteiger partial charge in [-0.15, -0.1) is 0 Å². The highest BCUT2D eigenvalue weighted by molar-refractivity contribution is 5.36. The Morgan fingerprint density at radius 3 is 2.35 bits per heavy atom. The number of hydrogen-bond donors (Lipinski definition) is 2. The van der Waals surface area contributed by atoms with Gasteiger partial charge < -0.3 is 10.4 Å². The largest absolute Gasteiger partial charge is 0.396 e. The minimum absolute atomic E-state index is 0.202. The molecule has 0 aliphatic heterocycles. The number of aryl methyl sites for hydroxylation is 3. The van der Waals surface area contributed by atoms with Crippen molar-refractivity contribution in [2.75, 3.05) is 13.2 Å². The average molecular weight is 233 g/mol. The summed E-state index contributed by atoms with van der Waals surface area (Å²) in [7, 11) is 0. The Balaban J connectivity index is 1.93. The molecule has 0 atom stereocenters. The fourth-order valence-corrected chi connectivity index (χ4v) is 2.24. The van der Waals surface area contributed by atoms with E-state index in [0.29, 0.717) is 6.61 Å². The van der Waals surface area contributed by atoms with Crippen LogP contribution in [0.5, 0.6) is 0 Å². The molecule has 0 unspecified atom stereocenters. The monoisotopic (exact) mass is 233 g/mol. The Morgan fingerprint density at radius 1 is 1.12 bits per heavy atom. The van der Waals surface area contributed by atoms with E-state index >= 15 is 0 Å². The normalized spacial score (nSPS) is 17.2. The maximum atomic E-state index is 9.25. The molecule has 94 valence electrons. The summed E-state index contributed by atoms with van der Waals surface area (Å²) in [5.41, 5.74) is 5.65. The maximum absolute atomic E-state index is 9.25. The lowest BCUT2D eigenvalue weighted by Gasteiger charge is -2.15. The van der Waals surface area contributed by atoms with E-state index in [1.54, 1.807) is 0 Å². The molecule has 0 spiro atoms. The van der Waals surface area contributed by atoms with E-state index in [0.717, 1.165) is 13.1 Å². The number of hydrogen-bond acceptors (Lipinski definition) is 2. The van der Waals surface area contributed by atoms with Gasteiger partial charge in [0.2, 0.25) is 0 Å². The van der Waals surface area contributed by atoms with Crippen LogP contribution in [0.25, 0.3) is 0 Å². The van der Waals surface area contributed by atoms with E-state index in [1.807, 2.05) is 0 Å². The highest BCUT2D eigenvalue weighted by Gasteiger charge is 2.41. The number of benzene rings is 1. The molecule has 1 aliphatic rings. The fraction of sp³-hybridized carbons (Fsp3) is 0.600. The second-order valence-electron chi connectivity index (χ2n) is 5.62. The molecule has 2 nitrogen and oxygen atoms in total. The number of aliphatic hydroxyl groups excluding tert-OH is 1. The Kier molecular flexibility index (Phi) is 3.55. The SMILES string of the molecule is Cc1cc(C)c(CNCC2(CO)CC2)cc1C. The van der Waals surface area contributed by atoms with E-state index in [1.165, 1.54) is 35.1 Å². The van der Waals surface area contributed by atoms with Crippen molar-refractivity contribution in [2.45, 2.75) is 40.2 Å². The molecule has 1 saturated carbocycles. The van der Waals surface area contributed by atoms with Crippen molar-refractivity contribution in [2.24, 2.45) is 5.41 Å². The van der Waals surface area contributed by atoms with E-state index in [-0.39, 0.29) is 5.41 Å². The van der Waals surface area contributed by atoms with Crippen molar-refractivity contribution >= 4 is 0 Å². The predicted molar refractivity (Wildman–Crippen MR) is 71.1 cm³/mol. The molecular weight excluding hydrogens is 210 g/mol. The zero-order chi connectivity index (χ0) is 12.5. The van der Waals surface area contributed by atoms with Crippen molar-refractivity contribution in [3.63, 3.8) is 0 Å². The van der Waals surface area contributed by atoms with E-state index in [2.05, 4.69) is 38.2 Å². The summed E-state index contributed by atoms with van der Waals surface area (Å²) in [4.78, 5) is 0. The van der Waals surface area contributed by atoms with E-state index in [9.17, 15) is 5.11 Å². The van der Waals surface area contributed by atoms with Crippen LogP contribution in [0, 0.1) is 26.2 Å². The number of rotatable bonds is 5. The summed E-state index contributed by atoms with van der Waals surface area (Å²) in [5.74, 6) is 0. The number of aliphatic hydroxyl groups is 1. The summed E-state index contributed by atoms with van der Waals surface area (Å²) in [5, 5.41) is 12.7. The molecule has 0 saturated heterocycles. The molecule has 2 N–H and O–H groups in total. The highest BCUT2D eigenvalue weighted by atomic mass is 16.3. The van der Waals surface area contributed by atoms with Crippen LogP contribution in [0.4, 0.5) is 0 Å². The molecule has 1 fully saturated rings. The lowest BCUT2D eigenvalue weighted by Crippen LogP contribution is -2.26. The first-order valence-corrected chi connectivity index (χ1v) is 6.45. The van der Waals surface area contributed by atoms with Crippen LogP contribution in [0.2, 0.25) is 0 Å². The second kappa shape index (κ2) is 4.79. The molecule has 2 rings (SSSR count). The quantitative estimate of drug-likeness (QED) is 0.819. The maximum Gasteiger partial charge on any atom is 0.0499 e. The molecule has 2 heteroatoms. The van der Waals surface area contributed by atoms with Crippen LogP contribution in [0.3, 0.4) is 0 Å². The zero-order valence-electron chi connectivity index (χ0n) is 11.1.